The number of nitrogens with zero attached hydrogens (tertiary/aromatic N) is 2. The molecule has 5 nitrogen and oxygen atoms in total. The van der Waals surface area contributed by atoms with Crippen LogP contribution in [0.4, 0.5) is 5.69 Å². The molecule has 2 rings (SSSR count). The van der Waals surface area contributed by atoms with Crippen LogP contribution in [0.25, 0.3) is 0 Å². The Hall–Kier alpha value is -1.62. The number of ether oxygens (including phenoxy) is 1. The Balaban J connectivity index is 1.87. The van der Waals surface area contributed by atoms with Crippen molar-refractivity contribution < 1.29 is 9.66 Å². The lowest BCUT2D eigenvalue weighted by atomic mass is 9.99. The smallest absolute Gasteiger partial charge is 0.310 e. The van der Waals surface area contributed by atoms with E-state index in [1.807, 2.05) is 6.92 Å². The van der Waals surface area contributed by atoms with Gasteiger partial charge in [-0.25, -0.2) is 0 Å². The highest BCUT2D eigenvalue weighted by atomic mass is 16.6. The molecule has 1 heterocycles. The van der Waals surface area contributed by atoms with Gasteiger partial charge in [-0.2, -0.15) is 0 Å². The van der Waals surface area contributed by atoms with E-state index in [2.05, 4.69) is 11.8 Å². The maximum absolute atomic E-state index is 10.9. The molecule has 0 atom stereocenters. The molecule has 1 saturated heterocycles. The maximum atomic E-state index is 10.9. The third-order valence-corrected chi connectivity index (χ3v) is 3.85. The van der Waals surface area contributed by atoms with Crippen molar-refractivity contribution in [3.63, 3.8) is 0 Å². The fourth-order valence-electron chi connectivity index (χ4n) is 2.46. The molecule has 0 unspecified atom stereocenters. The highest BCUT2D eigenvalue weighted by Gasteiger charge is 2.17. The molecule has 1 fully saturated rings. The Labute approximate surface area is 119 Å². The Kier molecular flexibility index (Phi) is 4.95. The van der Waals surface area contributed by atoms with Crippen LogP contribution in [0.5, 0.6) is 5.75 Å². The maximum Gasteiger partial charge on any atom is 0.310 e. The summed E-state index contributed by atoms with van der Waals surface area (Å²) in [6.45, 7) is 7.71. The summed E-state index contributed by atoms with van der Waals surface area (Å²) in [7, 11) is 0. The second-order valence-electron chi connectivity index (χ2n) is 5.60. The molecule has 20 heavy (non-hydrogen) atoms. The van der Waals surface area contributed by atoms with Crippen LogP contribution in [0.1, 0.15) is 25.3 Å². The van der Waals surface area contributed by atoms with E-state index in [-0.39, 0.29) is 5.69 Å². The summed E-state index contributed by atoms with van der Waals surface area (Å²) in [5.41, 5.74) is 1.01. The van der Waals surface area contributed by atoms with Crippen molar-refractivity contribution in [3.8, 4) is 5.75 Å². The van der Waals surface area contributed by atoms with Crippen LogP contribution in [-0.4, -0.2) is 36.1 Å². The lowest BCUT2D eigenvalue weighted by molar-refractivity contribution is -0.385. The molecule has 0 spiro atoms. The fourth-order valence-corrected chi connectivity index (χ4v) is 2.46. The van der Waals surface area contributed by atoms with Gasteiger partial charge >= 0.3 is 5.69 Å². The van der Waals surface area contributed by atoms with E-state index in [9.17, 15) is 10.1 Å². The summed E-state index contributed by atoms with van der Waals surface area (Å²) in [6.07, 6.45) is 2.45. The zero-order chi connectivity index (χ0) is 14.5. The summed E-state index contributed by atoms with van der Waals surface area (Å²) in [6, 6.07) is 4.97. The first-order chi connectivity index (χ1) is 9.56. The number of benzene rings is 1. The number of rotatable bonds is 5. The quantitative estimate of drug-likeness (QED) is 0.613. The standard InChI is InChI=1S/C15H22N2O3/c1-12-5-7-16(8-6-12)9-10-20-15-11-13(2)3-4-14(15)17(18)19/h3-4,11-12H,5-10H2,1-2H3. The van der Waals surface area contributed by atoms with Gasteiger partial charge in [0.1, 0.15) is 6.61 Å². The van der Waals surface area contributed by atoms with E-state index in [1.165, 1.54) is 18.9 Å². The molecule has 0 bridgehead atoms. The Morgan fingerprint density at radius 1 is 1.40 bits per heavy atom. The topological polar surface area (TPSA) is 55.6 Å². The highest BCUT2D eigenvalue weighted by Crippen LogP contribution is 2.27. The van der Waals surface area contributed by atoms with Crippen LogP contribution < -0.4 is 4.74 Å². The minimum Gasteiger partial charge on any atom is -0.485 e. The largest absolute Gasteiger partial charge is 0.485 e. The molecule has 110 valence electrons. The summed E-state index contributed by atoms with van der Waals surface area (Å²) >= 11 is 0. The summed E-state index contributed by atoms with van der Waals surface area (Å²) in [4.78, 5) is 12.9. The number of hydrogen-bond donors (Lipinski definition) is 0. The van der Waals surface area contributed by atoms with Crippen LogP contribution in [0, 0.1) is 23.0 Å². The molecule has 1 aliphatic heterocycles. The second-order valence-corrected chi connectivity index (χ2v) is 5.60. The van der Waals surface area contributed by atoms with Crippen LogP contribution in [-0.2, 0) is 0 Å². The molecule has 0 aromatic heterocycles. The third-order valence-electron chi connectivity index (χ3n) is 3.85. The predicted molar refractivity (Wildman–Crippen MR) is 78.2 cm³/mol. The average Bonchev–Trinajstić information content (AvgIpc) is 2.41. The molecule has 0 aliphatic carbocycles. The number of likely N-dealkylation sites (tertiary alicyclic amines) is 1. The normalized spacial score (nSPS) is 17.1. The Morgan fingerprint density at radius 2 is 2.10 bits per heavy atom. The lowest BCUT2D eigenvalue weighted by Gasteiger charge is -2.29. The summed E-state index contributed by atoms with van der Waals surface area (Å²) in [5.74, 6) is 1.19. The van der Waals surface area contributed by atoms with Crippen LogP contribution in [0.15, 0.2) is 18.2 Å². The lowest BCUT2D eigenvalue weighted by Crippen LogP contribution is -2.35. The molecule has 0 N–H and O–H groups in total. The number of nitro benzene ring substituents is 1. The minimum atomic E-state index is -0.392. The zero-order valence-corrected chi connectivity index (χ0v) is 12.2. The molecule has 0 amide bonds. The zero-order valence-electron chi connectivity index (χ0n) is 12.2. The molecule has 1 aromatic rings. The third kappa shape index (κ3) is 3.93. The highest BCUT2D eigenvalue weighted by molar-refractivity contribution is 5.48. The van der Waals surface area contributed by atoms with Crippen molar-refractivity contribution >= 4 is 5.69 Å². The first kappa shape index (κ1) is 14.8. The molecule has 1 aliphatic rings. The number of hydrogen-bond acceptors (Lipinski definition) is 4. The van der Waals surface area contributed by atoms with E-state index in [0.717, 1.165) is 31.1 Å². The van der Waals surface area contributed by atoms with Gasteiger partial charge in [0.25, 0.3) is 0 Å². The van der Waals surface area contributed by atoms with Crippen molar-refractivity contribution in [1.82, 2.24) is 4.90 Å². The molecular weight excluding hydrogens is 256 g/mol. The number of piperidine rings is 1. The van der Waals surface area contributed by atoms with E-state index < -0.39 is 4.92 Å². The summed E-state index contributed by atoms with van der Waals surface area (Å²) in [5, 5.41) is 10.9. The van der Waals surface area contributed by atoms with Gasteiger partial charge in [-0.1, -0.05) is 13.0 Å². The van der Waals surface area contributed by atoms with Crippen molar-refractivity contribution in [3.05, 3.63) is 33.9 Å². The molecular formula is C15H22N2O3. The van der Waals surface area contributed by atoms with Crippen molar-refractivity contribution in [2.45, 2.75) is 26.7 Å². The van der Waals surface area contributed by atoms with Crippen molar-refractivity contribution in [2.75, 3.05) is 26.2 Å². The van der Waals surface area contributed by atoms with E-state index >= 15 is 0 Å². The van der Waals surface area contributed by atoms with Gasteiger partial charge in [0.2, 0.25) is 0 Å². The fraction of sp³-hybridized carbons (Fsp3) is 0.600. The Bertz CT molecular complexity index is 468. The second kappa shape index (κ2) is 6.70. The first-order valence-corrected chi connectivity index (χ1v) is 7.16. The van der Waals surface area contributed by atoms with Crippen molar-refractivity contribution in [2.24, 2.45) is 5.92 Å². The number of nitro groups is 1. The average molecular weight is 278 g/mol. The molecule has 0 saturated carbocycles. The molecule has 5 heteroatoms. The van der Waals surface area contributed by atoms with Gasteiger partial charge in [0.05, 0.1) is 4.92 Å². The van der Waals surface area contributed by atoms with Crippen molar-refractivity contribution in [1.29, 1.82) is 0 Å². The van der Waals surface area contributed by atoms with E-state index in [1.54, 1.807) is 12.1 Å². The van der Waals surface area contributed by atoms with Crippen LogP contribution in [0.2, 0.25) is 0 Å². The van der Waals surface area contributed by atoms with Gasteiger partial charge in [0.15, 0.2) is 5.75 Å². The first-order valence-electron chi connectivity index (χ1n) is 7.16. The van der Waals surface area contributed by atoms with Gasteiger partial charge in [-0.15, -0.1) is 0 Å². The predicted octanol–water partition coefficient (Wildman–Crippen LogP) is 3.01. The minimum absolute atomic E-state index is 0.0443. The monoisotopic (exact) mass is 278 g/mol. The van der Waals surface area contributed by atoms with Gasteiger partial charge in [-0.05, 0) is 50.4 Å². The SMILES string of the molecule is Cc1ccc([N+](=O)[O-])c(OCCN2CCC(C)CC2)c1. The Morgan fingerprint density at radius 3 is 2.75 bits per heavy atom. The molecule has 1 aromatic carbocycles. The van der Waals surface area contributed by atoms with E-state index in [0.29, 0.717) is 12.4 Å². The van der Waals surface area contributed by atoms with Crippen LogP contribution in [0.3, 0.4) is 0 Å². The van der Waals surface area contributed by atoms with Gasteiger partial charge in [-0.3, -0.25) is 15.0 Å². The van der Waals surface area contributed by atoms with Gasteiger partial charge < -0.3 is 4.74 Å². The van der Waals surface area contributed by atoms with Gasteiger partial charge in [0, 0.05) is 12.6 Å². The number of aryl methyl sites for hydroxylation is 1. The van der Waals surface area contributed by atoms with E-state index in [4.69, 9.17) is 4.74 Å². The molecule has 0 radical (unpaired) electrons. The van der Waals surface area contributed by atoms with Crippen LogP contribution >= 0.6 is 0 Å². The summed E-state index contributed by atoms with van der Waals surface area (Å²) < 4.78 is 5.63.